The molecular weight excluding hydrogens is 358 g/mol. The zero-order valence-corrected chi connectivity index (χ0v) is 17.1. The zero-order valence-electron chi connectivity index (χ0n) is 17.1. The van der Waals surface area contributed by atoms with Crippen LogP contribution in [0.15, 0.2) is 65.1 Å². The van der Waals surface area contributed by atoms with Gasteiger partial charge < -0.3 is 5.73 Å². The van der Waals surface area contributed by atoms with E-state index in [-0.39, 0.29) is 5.78 Å². The monoisotopic (exact) mass is 383 g/mol. The molecule has 4 rings (SSSR count). The molecule has 2 N–H and O–H groups in total. The second kappa shape index (κ2) is 7.25. The highest BCUT2D eigenvalue weighted by molar-refractivity contribution is 6.01. The molecule has 0 saturated carbocycles. The van der Waals surface area contributed by atoms with Crippen LogP contribution in [0.25, 0.3) is 0 Å². The van der Waals surface area contributed by atoms with Crippen LogP contribution in [0, 0.1) is 32.1 Å². The normalized spacial score (nSPS) is 19.3. The molecule has 29 heavy (non-hydrogen) atoms. The van der Waals surface area contributed by atoms with Gasteiger partial charge in [-0.1, -0.05) is 35.9 Å². The zero-order chi connectivity index (χ0) is 20.7. The van der Waals surface area contributed by atoms with Crippen LogP contribution in [0.3, 0.4) is 0 Å². The second-order valence-electron chi connectivity index (χ2n) is 8.02. The Hall–Kier alpha value is -3.32. The Labute approximate surface area is 171 Å². The van der Waals surface area contributed by atoms with E-state index >= 15 is 0 Å². The number of nitrogens with two attached hydrogens (primary N) is 1. The number of benzene rings is 2. The molecule has 2 aliphatic rings. The summed E-state index contributed by atoms with van der Waals surface area (Å²) in [7, 11) is 0. The lowest BCUT2D eigenvalue weighted by atomic mass is 9.74. The Kier molecular flexibility index (Phi) is 4.76. The fourth-order valence-corrected chi connectivity index (χ4v) is 4.53. The first kappa shape index (κ1) is 19.0. The number of ketones is 1. The molecule has 0 aromatic heterocycles. The summed E-state index contributed by atoms with van der Waals surface area (Å²) in [4.78, 5) is 15.1. The molecule has 0 bridgehead atoms. The molecule has 1 atom stereocenters. The highest BCUT2D eigenvalue weighted by Crippen LogP contribution is 2.47. The van der Waals surface area contributed by atoms with E-state index < -0.39 is 5.92 Å². The van der Waals surface area contributed by atoms with E-state index in [1.54, 1.807) is 0 Å². The van der Waals surface area contributed by atoms with Crippen molar-refractivity contribution in [3.63, 3.8) is 0 Å². The van der Waals surface area contributed by atoms with Crippen molar-refractivity contribution in [1.82, 2.24) is 0 Å². The van der Waals surface area contributed by atoms with Crippen LogP contribution in [-0.2, 0) is 4.79 Å². The van der Waals surface area contributed by atoms with Crippen molar-refractivity contribution in [3.8, 4) is 6.07 Å². The van der Waals surface area contributed by atoms with Crippen LogP contribution in [0.4, 0.5) is 5.69 Å². The van der Waals surface area contributed by atoms with Crippen LogP contribution in [0.5, 0.6) is 0 Å². The number of nitrogens with zero attached hydrogens (tertiary/aromatic N) is 2. The molecule has 146 valence electrons. The standard InChI is InChI=1S/C25H25N3O/c1-15-6-4-7-18(12-15)28-21-8-5-9-22(29)24(21)23(20(14-26)25(28)27)19-13-16(2)10-11-17(19)3/h4,6-7,10-13,23H,5,8-9,27H2,1-3H3. The Balaban J connectivity index is 2.01. The first-order valence-corrected chi connectivity index (χ1v) is 10.0. The van der Waals surface area contributed by atoms with Gasteiger partial charge in [0, 0.05) is 23.4 Å². The van der Waals surface area contributed by atoms with Gasteiger partial charge in [-0.3, -0.25) is 9.69 Å². The summed E-state index contributed by atoms with van der Waals surface area (Å²) in [5.74, 6) is 0.149. The molecular formula is C25H25N3O. The molecule has 1 aliphatic heterocycles. The molecule has 2 aromatic rings. The smallest absolute Gasteiger partial charge is 0.161 e. The first-order valence-electron chi connectivity index (χ1n) is 10.0. The minimum atomic E-state index is -0.399. The van der Waals surface area contributed by atoms with Crippen molar-refractivity contribution in [2.24, 2.45) is 5.73 Å². The van der Waals surface area contributed by atoms with Gasteiger partial charge in [0.25, 0.3) is 0 Å². The van der Waals surface area contributed by atoms with Crippen LogP contribution >= 0.6 is 0 Å². The first-order chi connectivity index (χ1) is 13.9. The number of aryl methyl sites for hydroxylation is 3. The fraction of sp³-hybridized carbons (Fsp3) is 0.280. The summed E-state index contributed by atoms with van der Waals surface area (Å²) in [5.41, 5.74) is 13.9. The summed E-state index contributed by atoms with van der Waals surface area (Å²) >= 11 is 0. The highest BCUT2D eigenvalue weighted by atomic mass is 16.1. The number of hydrogen-bond donors (Lipinski definition) is 1. The summed E-state index contributed by atoms with van der Waals surface area (Å²) < 4.78 is 0. The lowest BCUT2D eigenvalue weighted by Crippen LogP contribution is -2.38. The van der Waals surface area contributed by atoms with E-state index in [0.29, 0.717) is 17.8 Å². The third-order valence-corrected chi connectivity index (χ3v) is 5.92. The molecule has 0 radical (unpaired) electrons. The SMILES string of the molecule is Cc1cccc(N2C(N)=C(C#N)C(c3cc(C)ccc3C)C3=C2CCCC3=O)c1. The van der Waals surface area contributed by atoms with Crippen molar-refractivity contribution in [2.75, 3.05) is 4.90 Å². The molecule has 0 fully saturated rings. The van der Waals surface area contributed by atoms with E-state index in [1.165, 1.54) is 0 Å². The fourth-order valence-electron chi connectivity index (χ4n) is 4.53. The average molecular weight is 383 g/mol. The number of anilines is 1. The van der Waals surface area contributed by atoms with Gasteiger partial charge in [-0.05, 0) is 62.4 Å². The van der Waals surface area contributed by atoms with Crippen molar-refractivity contribution in [1.29, 1.82) is 5.26 Å². The topological polar surface area (TPSA) is 70.1 Å². The van der Waals surface area contributed by atoms with Gasteiger partial charge in [0.1, 0.15) is 5.82 Å². The Morgan fingerprint density at radius 2 is 1.83 bits per heavy atom. The summed E-state index contributed by atoms with van der Waals surface area (Å²) in [5, 5.41) is 10.1. The van der Waals surface area contributed by atoms with E-state index in [1.807, 2.05) is 49.9 Å². The molecule has 0 spiro atoms. The summed E-state index contributed by atoms with van der Waals surface area (Å²) in [6.45, 7) is 6.08. The molecule has 2 aromatic carbocycles. The maximum absolute atomic E-state index is 13.2. The molecule has 4 nitrogen and oxygen atoms in total. The van der Waals surface area contributed by atoms with Gasteiger partial charge >= 0.3 is 0 Å². The van der Waals surface area contributed by atoms with E-state index in [4.69, 9.17) is 5.73 Å². The Morgan fingerprint density at radius 1 is 1.07 bits per heavy atom. The number of Topliss-reactive ketones (excluding diaryl/α,β-unsaturated/α-hetero) is 1. The molecule has 1 unspecified atom stereocenters. The number of carbonyl (C=O) groups excluding carboxylic acids is 1. The summed E-state index contributed by atoms with van der Waals surface area (Å²) in [6.07, 6.45) is 2.09. The quantitative estimate of drug-likeness (QED) is 0.799. The maximum Gasteiger partial charge on any atom is 0.161 e. The number of rotatable bonds is 2. The Morgan fingerprint density at radius 3 is 2.55 bits per heavy atom. The summed E-state index contributed by atoms with van der Waals surface area (Å²) in [6, 6.07) is 16.6. The maximum atomic E-state index is 13.2. The second-order valence-corrected chi connectivity index (χ2v) is 8.02. The predicted octanol–water partition coefficient (Wildman–Crippen LogP) is 4.92. The van der Waals surface area contributed by atoms with Gasteiger partial charge in [0.05, 0.1) is 17.6 Å². The lowest BCUT2D eigenvalue weighted by molar-refractivity contribution is -0.116. The molecule has 0 saturated heterocycles. The van der Waals surface area contributed by atoms with Crippen molar-refractivity contribution in [3.05, 3.63) is 87.4 Å². The predicted molar refractivity (Wildman–Crippen MR) is 115 cm³/mol. The number of nitriles is 1. The molecule has 1 heterocycles. The number of hydrogen-bond acceptors (Lipinski definition) is 4. The van der Waals surface area contributed by atoms with Crippen LogP contribution < -0.4 is 10.6 Å². The number of allylic oxidation sites excluding steroid dienone is 3. The largest absolute Gasteiger partial charge is 0.384 e. The van der Waals surface area contributed by atoms with Crippen molar-refractivity contribution < 1.29 is 4.79 Å². The lowest BCUT2D eigenvalue weighted by Gasteiger charge is -2.40. The average Bonchev–Trinajstić information content (AvgIpc) is 2.69. The van der Waals surface area contributed by atoms with Gasteiger partial charge in [-0.15, -0.1) is 0 Å². The third kappa shape index (κ3) is 3.13. The van der Waals surface area contributed by atoms with Crippen molar-refractivity contribution >= 4 is 11.5 Å². The van der Waals surface area contributed by atoms with Crippen LogP contribution in [0.1, 0.15) is 47.4 Å². The molecule has 0 amide bonds. The molecule has 4 heteroatoms. The van der Waals surface area contributed by atoms with Gasteiger partial charge in [0.15, 0.2) is 5.78 Å². The van der Waals surface area contributed by atoms with Gasteiger partial charge in [-0.2, -0.15) is 5.26 Å². The van der Waals surface area contributed by atoms with Crippen LogP contribution in [-0.4, -0.2) is 5.78 Å². The van der Waals surface area contributed by atoms with E-state index in [0.717, 1.165) is 52.1 Å². The van der Waals surface area contributed by atoms with E-state index in [2.05, 4.69) is 24.3 Å². The molecule has 1 aliphatic carbocycles. The minimum Gasteiger partial charge on any atom is -0.384 e. The number of carbonyl (C=O) groups is 1. The van der Waals surface area contributed by atoms with Crippen LogP contribution in [0.2, 0.25) is 0 Å². The minimum absolute atomic E-state index is 0.120. The van der Waals surface area contributed by atoms with Crippen molar-refractivity contribution in [2.45, 2.75) is 46.0 Å². The van der Waals surface area contributed by atoms with Gasteiger partial charge in [-0.25, -0.2) is 0 Å². The van der Waals surface area contributed by atoms with Gasteiger partial charge in [0.2, 0.25) is 0 Å². The van der Waals surface area contributed by atoms with E-state index in [9.17, 15) is 10.1 Å². The third-order valence-electron chi connectivity index (χ3n) is 5.92. The Bertz CT molecular complexity index is 1120. The highest BCUT2D eigenvalue weighted by Gasteiger charge is 2.40.